The first-order valence-electron chi connectivity index (χ1n) is 8.14. The van der Waals surface area contributed by atoms with Crippen molar-refractivity contribution in [3.63, 3.8) is 0 Å². The molecular weight excluding hydrogens is 322 g/mol. The number of carbonyl (C=O) groups is 1. The fourth-order valence-electron chi connectivity index (χ4n) is 3.85. The average molecular weight is 341 g/mol. The second-order valence-corrected chi connectivity index (χ2v) is 6.37. The molecule has 25 heavy (non-hydrogen) atoms. The summed E-state index contributed by atoms with van der Waals surface area (Å²) in [7, 11) is 2.98. The van der Waals surface area contributed by atoms with Crippen LogP contribution in [0.2, 0.25) is 0 Å². The van der Waals surface area contributed by atoms with Crippen LogP contribution in [0.5, 0.6) is 23.0 Å². The van der Waals surface area contributed by atoms with Gasteiger partial charge in [0.05, 0.1) is 20.3 Å². The predicted octanol–water partition coefficient (Wildman–Crippen LogP) is 2.41. The van der Waals surface area contributed by atoms with Gasteiger partial charge >= 0.3 is 0 Å². The van der Waals surface area contributed by atoms with Crippen molar-refractivity contribution in [1.82, 2.24) is 4.90 Å². The summed E-state index contributed by atoms with van der Waals surface area (Å²) in [5.74, 6) is 0.753. The number of benzene rings is 2. The Hall–Kier alpha value is -2.89. The van der Waals surface area contributed by atoms with E-state index in [1.54, 1.807) is 18.2 Å². The molecule has 0 saturated carbocycles. The van der Waals surface area contributed by atoms with E-state index in [4.69, 9.17) is 9.47 Å². The van der Waals surface area contributed by atoms with Gasteiger partial charge in [0.25, 0.3) is 5.91 Å². The summed E-state index contributed by atoms with van der Waals surface area (Å²) in [5, 5.41) is 20.2. The molecule has 0 fully saturated rings. The Bertz CT molecular complexity index is 877. The molecule has 1 amide bonds. The van der Waals surface area contributed by atoms with Crippen LogP contribution in [0, 0.1) is 0 Å². The minimum atomic E-state index is -0.159. The van der Waals surface area contributed by atoms with E-state index in [2.05, 4.69) is 0 Å². The number of nitrogens with zero attached hydrogens (tertiary/aromatic N) is 1. The molecule has 0 saturated heterocycles. The van der Waals surface area contributed by atoms with Crippen molar-refractivity contribution in [1.29, 1.82) is 0 Å². The van der Waals surface area contributed by atoms with Crippen molar-refractivity contribution < 1.29 is 24.5 Å². The Morgan fingerprint density at radius 2 is 1.68 bits per heavy atom. The van der Waals surface area contributed by atoms with Gasteiger partial charge in [0.15, 0.2) is 23.0 Å². The minimum absolute atomic E-state index is 0.0242. The van der Waals surface area contributed by atoms with Crippen LogP contribution in [-0.2, 0) is 12.8 Å². The smallest absolute Gasteiger partial charge is 0.254 e. The Morgan fingerprint density at radius 3 is 2.40 bits per heavy atom. The average Bonchev–Trinajstić information content (AvgIpc) is 2.61. The van der Waals surface area contributed by atoms with E-state index < -0.39 is 0 Å². The molecule has 2 aromatic rings. The molecule has 2 aromatic carbocycles. The summed E-state index contributed by atoms with van der Waals surface area (Å²) >= 11 is 0. The quantitative estimate of drug-likeness (QED) is 0.877. The van der Waals surface area contributed by atoms with Crippen molar-refractivity contribution in [2.75, 3.05) is 20.8 Å². The van der Waals surface area contributed by atoms with Gasteiger partial charge in [-0.3, -0.25) is 4.79 Å². The number of ether oxygens (including phenoxy) is 2. The molecule has 0 bridgehead atoms. The topological polar surface area (TPSA) is 79.2 Å². The van der Waals surface area contributed by atoms with E-state index in [1.807, 2.05) is 11.0 Å². The number of hydrogen-bond donors (Lipinski definition) is 2. The van der Waals surface area contributed by atoms with E-state index in [9.17, 15) is 15.0 Å². The first-order valence-corrected chi connectivity index (χ1v) is 8.14. The minimum Gasteiger partial charge on any atom is -0.504 e. The molecule has 0 unspecified atom stereocenters. The third kappa shape index (κ3) is 2.28. The number of fused-ring (bicyclic) bond motifs is 4. The third-order valence-corrected chi connectivity index (χ3v) is 5.11. The fraction of sp³-hybridized carbons (Fsp3) is 0.316. The van der Waals surface area contributed by atoms with Gasteiger partial charge in [-0.05, 0) is 53.8 Å². The summed E-state index contributed by atoms with van der Waals surface area (Å²) in [4.78, 5) is 14.8. The number of aromatic hydroxyl groups is 2. The number of amides is 1. The number of phenolic OH excluding ortho intramolecular Hbond substituents is 2. The molecule has 2 aliphatic rings. The highest BCUT2D eigenvalue weighted by atomic mass is 16.5. The van der Waals surface area contributed by atoms with Gasteiger partial charge in [0, 0.05) is 12.1 Å². The molecule has 0 aromatic heterocycles. The maximum Gasteiger partial charge on any atom is 0.254 e. The zero-order valence-corrected chi connectivity index (χ0v) is 14.1. The van der Waals surface area contributed by atoms with Crippen LogP contribution in [0.25, 0.3) is 0 Å². The highest BCUT2D eigenvalue weighted by Crippen LogP contribution is 2.43. The van der Waals surface area contributed by atoms with Crippen molar-refractivity contribution >= 4 is 5.91 Å². The first kappa shape index (κ1) is 15.6. The molecule has 2 aliphatic heterocycles. The van der Waals surface area contributed by atoms with Gasteiger partial charge in [-0.2, -0.15) is 0 Å². The van der Waals surface area contributed by atoms with Crippen LogP contribution < -0.4 is 9.47 Å². The molecule has 2 heterocycles. The predicted molar refractivity (Wildman–Crippen MR) is 90.5 cm³/mol. The van der Waals surface area contributed by atoms with Gasteiger partial charge in [-0.15, -0.1) is 0 Å². The molecule has 2 N–H and O–H groups in total. The Balaban J connectivity index is 1.81. The van der Waals surface area contributed by atoms with Crippen molar-refractivity contribution in [3.05, 3.63) is 46.5 Å². The number of methoxy groups -OCH3 is 2. The molecule has 1 atom stereocenters. The lowest BCUT2D eigenvalue weighted by atomic mass is 9.83. The summed E-state index contributed by atoms with van der Waals surface area (Å²) in [6.45, 7) is 0.604. The standard InChI is InChI=1S/C19H19NO5/c1-24-17-7-10-3-4-20-14(12(10)8-16(17)22)5-11-6-15(21)18(25-2)9-13(11)19(20)23/h6-9,14,21-22H,3-5H2,1-2H3/t14-/m0/s1. The SMILES string of the molecule is COc1cc2c(cc1O)[C@@H]1Cc3cc(O)c(OC)cc3C(=O)N1CC2. The van der Waals surface area contributed by atoms with Crippen LogP contribution in [0.15, 0.2) is 24.3 Å². The van der Waals surface area contributed by atoms with E-state index in [0.717, 1.165) is 16.7 Å². The normalized spacial score (nSPS) is 18.2. The molecule has 0 spiro atoms. The van der Waals surface area contributed by atoms with E-state index in [1.165, 1.54) is 14.2 Å². The zero-order valence-electron chi connectivity index (χ0n) is 14.1. The van der Waals surface area contributed by atoms with Crippen LogP contribution in [0.4, 0.5) is 0 Å². The van der Waals surface area contributed by atoms with Gasteiger partial charge in [0.1, 0.15) is 0 Å². The summed E-state index contributed by atoms with van der Waals surface area (Å²) in [6.07, 6.45) is 1.29. The summed E-state index contributed by atoms with van der Waals surface area (Å²) in [5.41, 5.74) is 3.35. The van der Waals surface area contributed by atoms with Gasteiger partial charge in [-0.1, -0.05) is 0 Å². The Kier molecular flexibility index (Phi) is 3.49. The number of carbonyl (C=O) groups excluding carboxylic acids is 1. The van der Waals surface area contributed by atoms with Crippen molar-refractivity contribution in [3.8, 4) is 23.0 Å². The number of hydrogen-bond acceptors (Lipinski definition) is 5. The lowest BCUT2D eigenvalue weighted by Crippen LogP contribution is -2.44. The second kappa shape index (κ2) is 5.58. The number of rotatable bonds is 2. The van der Waals surface area contributed by atoms with Gasteiger partial charge in [-0.25, -0.2) is 0 Å². The highest BCUT2D eigenvalue weighted by Gasteiger charge is 2.38. The Labute approximate surface area is 145 Å². The molecule has 130 valence electrons. The zero-order chi connectivity index (χ0) is 17.7. The van der Waals surface area contributed by atoms with Gasteiger partial charge < -0.3 is 24.6 Å². The van der Waals surface area contributed by atoms with E-state index in [-0.39, 0.29) is 23.4 Å². The largest absolute Gasteiger partial charge is 0.504 e. The van der Waals surface area contributed by atoms with Crippen molar-refractivity contribution in [2.24, 2.45) is 0 Å². The van der Waals surface area contributed by atoms with Crippen LogP contribution in [0.3, 0.4) is 0 Å². The fourth-order valence-corrected chi connectivity index (χ4v) is 3.85. The first-order chi connectivity index (χ1) is 12.0. The van der Waals surface area contributed by atoms with Crippen LogP contribution >= 0.6 is 0 Å². The van der Waals surface area contributed by atoms with Crippen LogP contribution in [-0.4, -0.2) is 41.8 Å². The van der Waals surface area contributed by atoms with Crippen LogP contribution in [0.1, 0.15) is 33.1 Å². The second-order valence-electron chi connectivity index (χ2n) is 6.37. The van der Waals surface area contributed by atoms with Gasteiger partial charge in [0.2, 0.25) is 0 Å². The highest BCUT2D eigenvalue weighted by molar-refractivity contribution is 5.98. The van der Waals surface area contributed by atoms with Crippen molar-refractivity contribution in [2.45, 2.75) is 18.9 Å². The van der Waals surface area contributed by atoms with E-state index >= 15 is 0 Å². The lowest BCUT2D eigenvalue weighted by Gasteiger charge is -2.41. The number of phenols is 2. The summed E-state index contributed by atoms with van der Waals surface area (Å²) in [6, 6.07) is 6.57. The summed E-state index contributed by atoms with van der Waals surface area (Å²) < 4.78 is 10.3. The molecular formula is C19H19NO5. The molecule has 6 nitrogen and oxygen atoms in total. The Morgan fingerprint density at radius 1 is 1.00 bits per heavy atom. The van der Waals surface area contributed by atoms with E-state index in [0.29, 0.717) is 36.4 Å². The maximum atomic E-state index is 12.9. The molecule has 0 radical (unpaired) electrons. The molecule has 4 rings (SSSR count). The lowest BCUT2D eigenvalue weighted by molar-refractivity contribution is 0.0630. The monoisotopic (exact) mass is 341 g/mol. The molecule has 6 heteroatoms. The third-order valence-electron chi connectivity index (χ3n) is 5.11. The molecule has 0 aliphatic carbocycles. The maximum absolute atomic E-state index is 12.9.